The molecule has 0 amide bonds. The average molecular weight is 328 g/mol. The molecule has 0 radical (unpaired) electrons. The van der Waals surface area contributed by atoms with Gasteiger partial charge in [-0.1, -0.05) is 12.1 Å². The first-order valence-corrected chi connectivity index (χ1v) is 8.11. The molecule has 0 saturated carbocycles. The Kier molecular flexibility index (Phi) is 4.97. The maximum atomic E-state index is 10.1. The van der Waals surface area contributed by atoms with E-state index in [0.29, 0.717) is 19.0 Å². The third-order valence-electron chi connectivity index (χ3n) is 4.34. The summed E-state index contributed by atoms with van der Waals surface area (Å²) in [6.07, 6.45) is 4.12. The maximum absolute atomic E-state index is 10.1. The number of rotatable bonds is 5. The van der Waals surface area contributed by atoms with Gasteiger partial charge in [-0.05, 0) is 24.1 Å². The largest absolute Gasteiger partial charge is 0.497 e. The molecule has 2 heterocycles. The molecule has 0 unspecified atom stereocenters. The van der Waals surface area contributed by atoms with Gasteiger partial charge in [0.25, 0.3) is 0 Å². The lowest BCUT2D eigenvalue weighted by Gasteiger charge is -2.24. The number of anilines is 1. The van der Waals surface area contributed by atoms with Crippen molar-refractivity contribution in [2.45, 2.75) is 25.1 Å². The van der Waals surface area contributed by atoms with Crippen LogP contribution in [-0.2, 0) is 6.54 Å². The minimum Gasteiger partial charge on any atom is -0.497 e. The van der Waals surface area contributed by atoms with Crippen LogP contribution in [0.25, 0.3) is 0 Å². The number of ether oxygens (including phenoxy) is 1. The van der Waals surface area contributed by atoms with E-state index in [2.05, 4.69) is 20.9 Å². The van der Waals surface area contributed by atoms with Gasteiger partial charge in [0.2, 0.25) is 5.95 Å². The first-order valence-electron chi connectivity index (χ1n) is 8.11. The van der Waals surface area contributed by atoms with Crippen LogP contribution in [-0.4, -0.2) is 53.8 Å². The number of methoxy groups -OCH3 is 1. The van der Waals surface area contributed by atoms with Crippen LogP contribution in [0.3, 0.4) is 0 Å². The van der Waals surface area contributed by atoms with Gasteiger partial charge >= 0.3 is 0 Å². The van der Waals surface area contributed by atoms with Gasteiger partial charge in [-0.15, -0.1) is 0 Å². The zero-order valence-electron chi connectivity index (χ0n) is 14.4. The second kappa shape index (κ2) is 7.15. The third-order valence-corrected chi connectivity index (χ3v) is 4.34. The molecular formula is C18H24N4O2. The summed E-state index contributed by atoms with van der Waals surface area (Å²) in [5.41, 5.74) is 2.21. The van der Waals surface area contributed by atoms with Crippen molar-refractivity contribution in [3.05, 3.63) is 47.8 Å². The molecule has 1 aliphatic heterocycles. The summed E-state index contributed by atoms with van der Waals surface area (Å²) in [6.45, 7) is 1.37. The predicted molar refractivity (Wildman–Crippen MR) is 93.1 cm³/mol. The number of nitrogens with zero attached hydrogens (tertiary/aromatic N) is 4. The van der Waals surface area contributed by atoms with Crippen molar-refractivity contribution in [1.29, 1.82) is 0 Å². The van der Waals surface area contributed by atoms with E-state index < -0.39 is 0 Å². The number of aliphatic hydroxyl groups is 1. The fraction of sp³-hybridized carbons (Fsp3) is 0.444. The van der Waals surface area contributed by atoms with Gasteiger partial charge in [0.1, 0.15) is 5.75 Å². The van der Waals surface area contributed by atoms with Gasteiger partial charge in [-0.25, -0.2) is 9.97 Å². The Morgan fingerprint density at radius 3 is 2.71 bits per heavy atom. The summed E-state index contributed by atoms with van der Waals surface area (Å²) >= 11 is 0. The molecule has 0 spiro atoms. The van der Waals surface area contributed by atoms with E-state index in [1.54, 1.807) is 7.11 Å². The molecule has 1 saturated heterocycles. The smallest absolute Gasteiger partial charge is 0.224 e. The standard InChI is InChI=1S/C18H24N4O2/c1-21(2)18-19-9-13(10-20-18)11-22-12-15(23)8-17(22)14-5-4-6-16(7-14)24-3/h4-7,9-10,15,17,23H,8,11-12H2,1-3H3/t15-,17-/m0/s1. The van der Waals surface area contributed by atoms with Crippen LogP contribution in [0, 0.1) is 0 Å². The Hall–Kier alpha value is -2.18. The number of hydrogen-bond acceptors (Lipinski definition) is 6. The molecule has 6 nitrogen and oxygen atoms in total. The van der Waals surface area contributed by atoms with E-state index in [-0.39, 0.29) is 12.1 Å². The van der Waals surface area contributed by atoms with Crippen molar-refractivity contribution < 1.29 is 9.84 Å². The summed E-state index contributed by atoms with van der Waals surface area (Å²) in [6, 6.07) is 8.23. The predicted octanol–water partition coefficient (Wildman–Crippen LogP) is 1.86. The van der Waals surface area contributed by atoms with Gasteiger partial charge in [0, 0.05) is 51.2 Å². The van der Waals surface area contributed by atoms with Gasteiger partial charge in [0.15, 0.2) is 0 Å². The lowest BCUT2D eigenvalue weighted by atomic mass is 10.0. The van der Waals surface area contributed by atoms with E-state index in [9.17, 15) is 5.11 Å². The third kappa shape index (κ3) is 3.66. The summed E-state index contributed by atoms with van der Waals surface area (Å²) < 4.78 is 5.32. The fourth-order valence-corrected chi connectivity index (χ4v) is 3.14. The monoisotopic (exact) mass is 328 g/mol. The summed E-state index contributed by atoms with van der Waals surface area (Å²) in [7, 11) is 5.51. The van der Waals surface area contributed by atoms with E-state index in [1.165, 1.54) is 0 Å². The summed E-state index contributed by atoms with van der Waals surface area (Å²) in [5.74, 6) is 1.54. The fourth-order valence-electron chi connectivity index (χ4n) is 3.14. The van der Waals surface area contributed by atoms with Crippen LogP contribution in [0.2, 0.25) is 0 Å². The molecule has 24 heavy (non-hydrogen) atoms. The summed E-state index contributed by atoms with van der Waals surface area (Å²) in [4.78, 5) is 12.9. The first-order chi connectivity index (χ1) is 11.6. The van der Waals surface area contributed by atoms with E-state index in [1.807, 2.05) is 49.6 Å². The van der Waals surface area contributed by atoms with Gasteiger partial charge in [0.05, 0.1) is 13.2 Å². The second-order valence-electron chi connectivity index (χ2n) is 6.40. The van der Waals surface area contributed by atoms with Crippen LogP contribution in [0.1, 0.15) is 23.6 Å². The lowest BCUT2D eigenvalue weighted by Crippen LogP contribution is -2.24. The molecule has 3 rings (SSSR count). The Bertz CT molecular complexity index is 675. The minimum absolute atomic E-state index is 0.170. The van der Waals surface area contributed by atoms with Crippen molar-refractivity contribution >= 4 is 5.95 Å². The second-order valence-corrected chi connectivity index (χ2v) is 6.40. The molecule has 2 aromatic rings. The molecule has 1 N–H and O–H groups in total. The van der Waals surface area contributed by atoms with E-state index >= 15 is 0 Å². The van der Waals surface area contributed by atoms with Crippen molar-refractivity contribution in [1.82, 2.24) is 14.9 Å². The van der Waals surface area contributed by atoms with Crippen molar-refractivity contribution in [2.24, 2.45) is 0 Å². The van der Waals surface area contributed by atoms with Crippen LogP contribution in [0.4, 0.5) is 5.95 Å². The van der Waals surface area contributed by atoms with Crippen LogP contribution >= 0.6 is 0 Å². The minimum atomic E-state index is -0.317. The molecule has 1 fully saturated rings. The number of aliphatic hydroxyl groups excluding tert-OH is 1. The molecule has 1 aliphatic rings. The Morgan fingerprint density at radius 1 is 1.29 bits per heavy atom. The zero-order valence-corrected chi connectivity index (χ0v) is 14.4. The molecule has 1 aromatic heterocycles. The molecule has 1 aromatic carbocycles. The normalized spacial score (nSPS) is 21.0. The van der Waals surface area contributed by atoms with E-state index in [0.717, 1.165) is 23.3 Å². The van der Waals surface area contributed by atoms with Crippen molar-refractivity contribution in [3.63, 3.8) is 0 Å². The lowest BCUT2D eigenvalue weighted by molar-refractivity contribution is 0.172. The number of β-amino-alcohol motifs (C(OH)–C–C–N with tert-alkyl or cyclic N) is 1. The molecular weight excluding hydrogens is 304 g/mol. The SMILES string of the molecule is COc1cccc([C@@H]2C[C@H](O)CN2Cc2cnc(N(C)C)nc2)c1. The van der Waals surface area contributed by atoms with Crippen LogP contribution in [0.5, 0.6) is 5.75 Å². The molecule has 128 valence electrons. The maximum Gasteiger partial charge on any atom is 0.224 e. The van der Waals surface area contributed by atoms with Gasteiger partial charge in [-0.3, -0.25) is 4.90 Å². The van der Waals surface area contributed by atoms with Crippen LogP contribution < -0.4 is 9.64 Å². The Balaban J connectivity index is 1.77. The molecule has 0 bridgehead atoms. The molecule has 0 aliphatic carbocycles. The first kappa shape index (κ1) is 16.7. The highest BCUT2D eigenvalue weighted by Gasteiger charge is 2.32. The Morgan fingerprint density at radius 2 is 2.04 bits per heavy atom. The van der Waals surface area contributed by atoms with Gasteiger partial charge < -0.3 is 14.7 Å². The van der Waals surface area contributed by atoms with Crippen LogP contribution in [0.15, 0.2) is 36.7 Å². The van der Waals surface area contributed by atoms with Crippen molar-refractivity contribution in [2.75, 3.05) is 32.6 Å². The number of hydrogen-bond donors (Lipinski definition) is 1. The topological polar surface area (TPSA) is 61.7 Å². The summed E-state index contributed by atoms with van der Waals surface area (Å²) in [5, 5.41) is 10.1. The van der Waals surface area contributed by atoms with Gasteiger partial charge in [-0.2, -0.15) is 0 Å². The zero-order chi connectivity index (χ0) is 17.1. The quantitative estimate of drug-likeness (QED) is 0.904. The molecule has 2 atom stereocenters. The molecule has 6 heteroatoms. The van der Waals surface area contributed by atoms with Crippen molar-refractivity contribution in [3.8, 4) is 5.75 Å². The number of aromatic nitrogens is 2. The highest BCUT2D eigenvalue weighted by Crippen LogP contribution is 2.34. The Labute approximate surface area is 142 Å². The average Bonchev–Trinajstić information content (AvgIpc) is 2.96. The number of benzene rings is 1. The highest BCUT2D eigenvalue weighted by molar-refractivity contribution is 5.32. The number of likely N-dealkylation sites (tertiary alicyclic amines) is 1. The highest BCUT2D eigenvalue weighted by atomic mass is 16.5. The van der Waals surface area contributed by atoms with E-state index in [4.69, 9.17) is 4.74 Å².